The summed E-state index contributed by atoms with van der Waals surface area (Å²) in [6.07, 6.45) is 16.0. The Morgan fingerprint density at radius 1 is 0.300 bits per heavy atom. The summed E-state index contributed by atoms with van der Waals surface area (Å²) in [4.78, 5) is 0. The summed E-state index contributed by atoms with van der Waals surface area (Å²) in [5.41, 5.74) is 0. The van der Waals surface area contributed by atoms with Gasteiger partial charge in [0.15, 0.2) is 0 Å². The number of hydrogen-bond donors (Lipinski definition) is 0. The van der Waals surface area contributed by atoms with Crippen LogP contribution < -0.4 is 0 Å². The fourth-order valence-electron chi connectivity index (χ4n) is 0.513. The fourth-order valence-corrected chi connectivity index (χ4v) is 0.513. The monoisotopic (exact) mass is 182 g/mol. The van der Waals surface area contributed by atoms with E-state index in [4.69, 9.17) is 0 Å². The van der Waals surface area contributed by atoms with E-state index in [1.165, 1.54) is 0 Å². The molecule has 0 atom stereocenters. The van der Waals surface area contributed by atoms with Crippen molar-refractivity contribution >= 4 is 103 Å². The molecule has 2 heteroatoms. The largest absolute Gasteiger partial charge is 0.0623 e. The molecule has 0 bridgehead atoms. The third kappa shape index (κ3) is 8.33. The molecule has 0 saturated heterocycles. The Hall–Kier alpha value is 2.23. The Balaban J connectivity index is 0. The van der Waals surface area contributed by atoms with Crippen molar-refractivity contribution in [2.45, 2.75) is 0 Å². The Kier molecular flexibility index (Phi) is 16.6. The van der Waals surface area contributed by atoms with Crippen molar-refractivity contribution < 1.29 is 0 Å². The van der Waals surface area contributed by atoms with Gasteiger partial charge in [0.1, 0.15) is 0 Å². The van der Waals surface area contributed by atoms with Crippen molar-refractivity contribution in [2.75, 3.05) is 0 Å². The normalized spacial score (nSPS) is 12.8. The molecular weight excluding hydrogens is 174 g/mol. The van der Waals surface area contributed by atoms with Crippen molar-refractivity contribution in [3.8, 4) is 0 Å². The molecule has 2 radical (unpaired) electrons. The van der Waals surface area contributed by atoms with E-state index in [2.05, 4.69) is 0 Å². The molecule has 0 aromatic carbocycles. The predicted molar refractivity (Wildman–Crippen MR) is 48.1 cm³/mol. The minimum Gasteiger partial charge on any atom is -0.0623 e. The molecule has 0 fully saturated rings. The second-order valence-corrected chi connectivity index (χ2v) is 1.54. The van der Waals surface area contributed by atoms with Crippen LogP contribution in [0, 0.1) is 0 Å². The first-order valence-corrected chi connectivity index (χ1v) is 2.67. The van der Waals surface area contributed by atoms with Crippen molar-refractivity contribution in [3.05, 3.63) is 48.6 Å². The van der Waals surface area contributed by atoms with Gasteiger partial charge in [-0.25, -0.2) is 0 Å². The average Bonchev–Trinajstić information content (AvgIpc) is 1.62. The molecule has 0 N–H and O–H groups in total. The molecular formula is C8H8K2. The van der Waals surface area contributed by atoms with Crippen LogP contribution in [0.1, 0.15) is 0 Å². The van der Waals surface area contributed by atoms with E-state index in [1.54, 1.807) is 0 Å². The topological polar surface area (TPSA) is 0 Å². The first-order chi connectivity index (χ1) is 4.00. The molecule has 0 aromatic rings. The van der Waals surface area contributed by atoms with Crippen LogP contribution in [0.4, 0.5) is 0 Å². The first kappa shape index (κ1) is 14.7. The van der Waals surface area contributed by atoms with E-state index >= 15 is 0 Å². The molecule has 1 aliphatic rings. The Bertz CT molecular complexity index is 108. The molecule has 0 aromatic heterocycles. The molecule has 0 spiro atoms. The fraction of sp³-hybridized carbons (Fsp3) is 0. The van der Waals surface area contributed by atoms with Gasteiger partial charge in [0.25, 0.3) is 0 Å². The van der Waals surface area contributed by atoms with E-state index in [0.717, 1.165) is 0 Å². The van der Waals surface area contributed by atoms with Crippen molar-refractivity contribution in [1.82, 2.24) is 0 Å². The van der Waals surface area contributed by atoms with Gasteiger partial charge in [0.05, 0.1) is 0 Å². The summed E-state index contributed by atoms with van der Waals surface area (Å²) in [6.45, 7) is 0. The first-order valence-electron chi connectivity index (χ1n) is 2.67. The molecule has 0 amide bonds. The van der Waals surface area contributed by atoms with E-state index in [1.807, 2.05) is 48.6 Å². The van der Waals surface area contributed by atoms with E-state index in [-0.39, 0.29) is 103 Å². The van der Waals surface area contributed by atoms with Gasteiger partial charge in [-0.3, -0.25) is 0 Å². The minimum atomic E-state index is 0. The second kappa shape index (κ2) is 11.2. The van der Waals surface area contributed by atoms with Crippen molar-refractivity contribution in [2.24, 2.45) is 0 Å². The number of rotatable bonds is 0. The predicted octanol–water partition coefficient (Wildman–Crippen LogP) is 1.46. The summed E-state index contributed by atoms with van der Waals surface area (Å²) in [7, 11) is 0. The van der Waals surface area contributed by atoms with Gasteiger partial charge in [-0.15, -0.1) is 0 Å². The molecule has 0 heterocycles. The smallest absolute Gasteiger partial charge is 0 e. The maximum atomic E-state index is 2.00. The summed E-state index contributed by atoms with van der Waals surface area (Å²) >= 11 is 0. The SMILES string of the molecule is C1=CC=CC=CC=C1.[K].[K]. The number of hydrogen-bond acceptors (Lipinski definition) is 0. The van der Waals surface area contributed by atoms with Crippen molar-refractivity contribution in [3.63, 3.8) is 0 Å². The van der Waals surface area contributed by atoms with Crippen LogP contribution in [0.5, 0.6) is 0 Å². The van der Waals surface area contributed by atoms with Gasteiger partial charge in [-0.1, -0.05) is 48.6 Å². The third-order valence-electron chi connectivity index (χ3n) is 0.889. The molecule has 0 nitrogen and oxygen atoms in total. The zero-order valence-electron chi connectivity index (χ0n) is 6.62. The van der Waals surface area contributed by atoms with Crippen LogP contribution in [-0.2, 0) is 0 Å². The Labute approximate surface area is 147 Å². The maximum Gasteiger partial charge on any atom is 0 e. The zero-order valence-corrected chi connectivity index (χ0v) is 12.9. The van der Waals surface area contributed by atoms with E-state index in [9.17, 15) is 0 Å². The second-order valence-electron chi connectivity index (χ2n) is 1.54. The quantitative estimate of drug-likeness (QED) is 0.498. The van der Waals surface area contributed by atoms with Crippen LogP contribution in [-0.4, -0.2) is 103 Å². The molecule has 0 aliphatic heterocycles. The average molecular weight is 182 g/mol. The van der Waals surface area contributed by atoms with Gasteiger partial charge in [0.2, 0.25) is 0 Å². The van der Waals surface area contributed by atoms with Gasteiger partial charge < -0.3 is 0 Å². The van der Waals surface area contributed by atoms with Crippen molar-refractivity contribution in [1.29, 1.82) is 0 Å². The maximum absolute atomic E-state index is 2.00. The summed E-state index contributed by atoms with van der Waals surface area (Å²) in [6, 6.07) is 0. The van der Waals surface area contributed by atoms with E-state index in [0.29, 0.717) is 0 Å². The molecule has 0 saturated carbocycles. The third-order valence-corrected chi connectivity index (χ3v) is 0.889. The van der Waals surface area contributed by atoms with Gasteiger partial charge in [0, 0.05) is 103 Å². The minimum absolute atomic E-state index is 0. The van der Waals surface area contributed by atoms with Crippen LogP contribution in [0.25, 0.3) is 0 Å². The van der Waals surface area contributed by atoms with Gasteiger partial charge in [-0.05, 0) is 0 Å². The van der Waals surface area contributed by atoms with Crippen LogP contribution >= 0.6 is 0 Å². The summed E-state index contributed by atoms with van der Waals surface area (Å²) in [5.74, 6) is 0. The van der Waals surface area contributed by atoms with Crippen LogP contribution in [0.15, 0.2) is 48.6 Å². The molecule has 10 heavy (non-hydrogen) atoms. The van der Waals surface area contributed by atoms with Crippen LogP contribution in [0.2, 0.25) is 0 Å². The number of allylic oxidation sites excluding steroid dienone is 8. The summed E-state index contributed by atoms with van der Waals surface area (Å²) in [5, 5.41) is 0. The molecule has 0 unspecified atom stereocenters. The zero-order chi connectivity index (χ0) is 5.66. The Morgan fingerprint density at radius 2 is 0.400 bits per heavy atom. The standard InChI is InChI=1S/C8H8.2K/c1-2-4-6-8-7-5-3-1;;/h1-8H;;. The van der Waals surface area contributed by atoms with Crippen LogP contribution in [0.3, 0.4) is 0 Å². The summed E-state index contributed by atoms with van der Waals surface area (Å²) < 4.78 is 0. The Morgan fingerprint density at radius 3 is 0.500 bits per heavy atom. The molecule has 1 aliphatic carbocycles. The molecule has 42 valence electrons. The molecule has 1 rings (SSSR count). The van der Waals surface area contributed by atoms with Gasteiger partial charge >= 0.3 is 0 Å². The van der Waals surface area contributed by atoms with Gasteiger partial charge in [-0.2, -0.15) is 0 Å². The van der Waals surface area contributed by atoms with E-state index < -0.39 is 0 Å².